The van der Waals surface area contributed by atoms with Gasteiger partial charge in [-0.2, -0.15) is 12.6 Å². The van der Waals surface area contributed by atoms with Crippen molar-refractivity contribution in [2.24, 2.45) is 0 Å². The molecular formula is C15H29NS. The molecular weight excluding hydrogens is 226 g/mol. The second-order valence-corrected chi connectivity index (χ2v) is 6.35. The highest BCUT2D eigenvalue weighted by Crippen LogP contribution is 2.30. The predicted molar refractivity (Wildman–Crippen MR) is 78.9 cm³/mol. The van der Waals surface area contributed by atoms with Crippen LogP contribution in [0.5, 0.6) is 0 Å². The number of thiol groups is 1. The minimum atomic E-state index is 0.909. The molecule has 0 saturated heterocycles. The first-order chi connectivity index (χ1) is 8.42. The van der Waals surface area contributed by atoms with Crippen LogP contribution >= 0.6 is 12.6 Å². The molecule has 0 unspecified atom stereocenters. The number of hydrogen-bond donors (Lipinski definition) is 1. The summed E-state index contributed by atoms with van der Waals surface area (Å²) in [7, 11) is 0. The van der Waals surface area contributed by atoms with Gasteiger partial charge >= 0.3 is 0 Å². The Kier molecular flexibility index (Phi) is 6.21. The Balaban J connectivity index is 1.90. The van der Waals surface area contributed by atoms with Crippen molar-refractivity contribution in [1.29, 1.82) is 0 Å². The third-order valence-corrected chi connectivity index (χ3v) is 4.98. The topological polar surface area (TPSA) is 3.24 Å². The van der Waals surface area contributed by atoms with Crippen molar-refractivity contribution in [3.05, 3.63) is 0 Å². The van der Waals surface area contributed by atoms with Crippen molar-refractivity contribution in [3.63, 3.8) is 0 Å². The van der Waals surface area contributed by atoms with Crippen molar-refractivity contribution < 1.29 is 0 Å². The first kappa shape index (κ1) is 13.7. The molecule has 0 aliphatic heterocycles. The molecule has 2 aliphatic rings. The van der Waals surface area contributed by atoms with E-state index in [-0.39, 0.29) is 0 Å². The van der Waals surface area contributed by atoms with E-state index in [2.05, 4.69) is 17.5 Å². The van der Waals surface area contributed by atoms with Gasteiger partial charge in [-0.3, -0.25) is 4.90 Å². The minimum absolute atomic E-state index is 0.909. The number of nitrogens with zero attached hydrogens (tertiary/aromatic N) is 1. The first-order valence-corrected chi connectivity index (χ1v) is 8.41. The normalized spacial score (nSPS) is 24.4. The summed E-state index contributed by atoms with van der Waals surface area (Å²) < 4.78 is 0. The molecule has 2 aliphatic carbocycles. The molecule has 0 bridgehead atoms. The van der Waals surface area contributed by atoms with Crippen LogP contribution in [-0.4, -0.2) is 29.3 Å². The summed E-state index contributed by atoms with van der Waals surface area (Å²) in [5, 5.41) is 0. The Hall–Kier alpha value is 0.310. The summed E-state index contributed by atoms with van der Waals surface area (Å²) in [6.45, 7) is 1.30. The molecule has 2 saturated carbocycles. The van der Waals surface area contributed by atoms with E-state index in [1.54, 1.807) is 0 Å². The van der Waals surface area contributed by atoms with Crippen molar-refractivity contribution >= 4 is 12.6 Å². The fraction of sp³-hybridized carbons (Fsp3) is 1.00. The van der Waals surface area contributed by atoms with Gasteiger partial charge in [0.1, 0.15) is 0 Å². The summed E-state index contributed by atoms with van der Waals surface area (Å²) in [4.78, 5) is 2.88. The Morgan fingerprint density at radius 1 is 0.765 bits per heavy atom. The maximum absolute atomic E-state index is 4.40. The molecule has 1 nitrogen and oxygen atoms in total. The van der Waals surface area contributed by atoms with E-state index in [0.717, 1.165) is 17.8 Å². The molecule has 0 amide bonds. The van der Waals surface area contributed by atoms with Gasteiger partial charge in [0.05, 0.1) is 0 Å². The van der Waals surface area contributed by atoms with Gasteiger partial charge in [-0.1, -0.05) is 38.5 Å². The Bertz CT molecular complexity index is 177. The SMILES string of the molecule is SCCCN(C1CCCCC1)C1CCCCC1. The lowest BCUT2D eigenvalue weighted by molar-refractivity contribution is 0.0813. The molecule has 0 aromatic carbocycles. The van der Waals surface area contributed by atoms with Gasteiger partial charge in [0.15, 0.2) is 0 Å². The first-order valence-electron chi connectivity index (χ1n) is 7.78. The van der Waals surface area contributed by atoms with E-state index >= 15 is 0 Å². The van der Waals surface area contributed by atoms with Crippen molar-refractivity contribution in [1.82, 2.24) is 4.90 Å². The molecule has 0 heterocycles. The highest BCUT2D eigenvalue weighted by molar-refractivity contribution is 7.80. The van der Waals surface area contributed by atoms with Gasteiger partial charge in [0.25, 0.3) is 0 Å². The zero-order valence-electron chi connectivity index (χ0n) is 11.2. The van der Waals surface area contributed by atoms with E-state index in [1.807, 2.05) is 0 Å². The van der Waals surface area contributed by atoms with E-state index in [4.69, 9.17) is 0 Å². The zero-order valence-corrected chi connectivity index (χ0v) is 12.1. The largest absolute Gasteiger partial charge is 0.297 e. The predicted octanol–water partition coefficient (Wildman–Crippen LogP) is 4.27. The van der Waals surface area contributed by atoms with Crippen LogP contribution in [0.25, 0.3) is 0 Å². The molecule has 2 heteroatoms. The fourth-order valence-electron chi connectivity index (χ4n) is 3.74. The monoisotopic (exact) mass is 255 g/mol. The summed E-state index contributed by atoms with van der Waals surface area (Å²) in [5.41, 5.74) is 0. The van der Waals surface area contributed by atoms with E-state index < -0.39 is 0 Å². The zero-order chi connectivity index (χ0) is 11.9. The van der Waals surface area contributed by atoms with Crippen molar-refractivity contribution in [2.75, 3.05) is 12.3 Å². The summed E-state index contributed by atoms with van der Waals surface area (Å²) in [5.74, 6) is 1.05. The Morgan fingerprint density at radius 3 is 1.65 bits per heavy atom. The van der Waals surface area contributed by atoms with Crippen LogP contribution < -0.4 is 0 Å². The Morgan fingerprint density at radius 2 is 1.24 bits per heavy atom. The number of rotatable bonds is 5. The molecule has 17 heavy (non-hydrogen) atoms. The van der Waals surface area contributed by atoms with Crippen molar-refractivity contribution in [2.45, 2.75) is 82.7 Å². The van der Waals surface area contributed by atoms with Crippen LogP contribution in [0.1, 0.15) is 70.6 Å². The third-order valence-electron chi connectivity index (χ3n) is 4.66. The van der Waals surface area contributed by atoms with Gasteiger partial charge in [-0.05, 0) is 44.4 Å². The van der Waals surface area contributed by atoms with Crippen LogP contribution in [-0.2, 0) is 0 Å². The lowest BCUT2D eigenvalue weighted by Crippen LogP contribution is -2.45. The lowest BCUT2D eigenvalue weighted by Gasteiger charge is -2.41. The highest BCUT2D eigenvalue weighted by Gasteiger charge is 2.27. The Labute approximate surface area is 113 Å². The molecule has 0 aromatic heterocycles. The average molecular weight is 255 g/mol. The van der Waals surface area contributed by atoms with Gasteiger partial charge in [0, 0.05) is 12.1 Å². The molecule has 0 N–H and O–H groups in total. The van der Waals surface area contributed by atoms with Crippen LogP contribution in [0, 0.1) is 0 Å². The van der Waals surface area contributed by atoms with Gasteiger partial charge in [-0.25, -0.2) is 0 Å². The lowest BCUT2D eigenvalue weighted by atomic mass is 9.88. The second-order valence-electron chi connectivity index (χ2n) is 5.90. The van der Waals surface area contributed by atoms with Crippen LogP contribution in [0.2, 0.25) is 0 Å². The van der Waals surface area contributed by atoms with Gasteiger partial charge < -0.3 is 0 Å². The third kappa shape index (κ3) is 4.17. The summed E-state index contributed by atoms with van der Waals surface area (Å²) >= 11 is 4.40. The van der Waals surface area contributed by atoms with Crippen LogP contribution in [0.15, 0.2) is 0 Å². The average Bonchev–Trinajstić information content (AvgIpc) is 2.42. The van der Waals surface area contributed by atoms with Gasteiger partial charge in [0.2, 0.25) is 0 Å². The molecule has 2 rings (SSSR count). The molecule has 2 fully saturated rings. The minimum Gasteiger partial charge on any atom is -0.297 e. The summed E-state index contributed by atoms with van der Waals surface area (Å²) in [6, 6.07) is 1.82. The molecule has 0 radical (unpaired) electrons. The van der Waals surface area contributed by atoms with E-state index in [1.165, 1.54) is 77.2 Å². The maximum Gasteiger partial charge on any atom is 0.00981 e. The molecule has 100 valence electrons. The maximum atomic E-state index is 4.40. The standard InChI is InChI=1S/C15H29NS/c17-13-7-12-16(14-8-3-1-4-9-14)15-10-5-2-6-11-15/h14-15,17H,1-13H2. The number of hydrogen-bond acceptors (Lipinski definition) is 2. The van der Waals surface area contributed by atoms with E-state index in [0.29, 0.717) is 0 Å². The van der Waals surface area contributed by atoms with Crippen molar-refractivity contribution in [3.8, 4) is 0 Å². The molecule has 0 atom stereocenters. The smallest absolute Gasteiger partial charge is 0.00981 e. The molecule has 0 aromatic rings. The van der Waals surface area contributed by atoms with E-state index in [9.17, 15) is 0 Å². The van der Waals surface area contributed by atoms with Gasteiger partial charge in [-0.15, -0.1) is 0 Å². The highest BCUT2D eigenvalue weighted by atomic mass is 32.1. The second kappa shape index (κ2) is 7.68. The molecule has 0 spiro atoms. The van der Waals surface area contributed by atoms with Crippen LogP contribution in [0.3, 0.4) is 0 Å². The van der Waals surface area contributed by atoms with Crippen LogP contribution in [0.4, 0.5) is 0 Å². The fourth-order valence-corrected chi connectivity index (χ4v) is 3.88. The summed E-state index contributed by atoms with van der Waals surface area (Å²) in [6.07, 6.45) is 15.9. The quantitative estimate of drug-likeness (QED) is 0.718.